The summed E-state index contributed by atoms with van der Waals surface area (Å²) in [5.41, 5.74) is -2.72. The highest BCUT2D eigenvalue weighted by atomic mass is 32.2. The van der Waals surface area contributed by atoms with Crippen molar-refractivity contribution < 1.29 is 22.2 Å². The van der Waals surface area contributed by atoms with Crippen molar-refractivity contribution in [3.05, 3.63) is 60.3 Å². The number of benzene rings is 2. The lowest BCUT2D eigenvalue weighted by atomic mass is 10.1. The molecular weight excluding hydrogens is 353 g/mol. The van der Waals surface area contributed by atoms with Gasteiger partial charge in [-0.1, -0.05) is 18.2 Å². The van der Waals surface area contributed by atoms with E-state index < -0.39 is 16.3 Å². The Kier molecular flexibility index (Phi) is 4.63. The Labute approximate surface area is 143 Å². The van der Waals surface area contributed by atoms with E-state index >= 15 is 0 Å². The van der Waals surface area contributed by atoms with Gasteiger partial charge < -0.3 is 10.3 Å². The van der Waals surface area contributed by atoms with Crippen LogP contribution in [0.4, 0.5) is 18.9 Å². The van der Waals surface area contributed by atoms with Gasteiger partial charge in [0.1, 0.15) is 0 Å². The second-order valence-electron chi connectivity index (χ2n) is 5.32. The number of carbonyl (C=O) groups excluding carboxylic acids is 1. The van der Waals surface area contributed by atoms with Crippen LogP contribution >= 0.6 is 0 Å². The van der Waals surface area contributed by atoms with Gasteiger partial charge in [-0.25, -0.2) is 4.21 Å². The van der Waals surface area contributed by atoms with E-state index in [1.54, 1.807) is 6.20 Å². The molecule has 3 aromatic rings. The number of alkyl halides is 3. The summed E-state index contributed by atoms with van der Waals surface area (Å²) in [6, 6.07) is 12.3. The average Bonchev–Trinajstić information content (AvgIpc) is 2.97. The summed E-state index contributed by atoms with van der Waals surface area (Å²) in [6.45, 7) is 0. The van der Waals surface area contributed by atoms with Gasteiger partial charge in [0.15, 0.2) is 10.8 Å². The van der Waals surface area contributed by atoms with E-state index in [1.165, 1.54) is 12.1 Å². The number of aromatic nitrogens is 1. The fourth-order valence-corrected chi connectivity index (χ4v) is 3.10. The zero-order chi connectivity index (χ0) is 18.0. The van der Waals surface area contributed by atoms with Gasteiger partial charge in [-0.05, 0) is 35.9 Å². The number of hydrogen-bond acceptors (Lipinski definition) is 2. The summed E-state index contributed by atoms with van der Waals surface area (Å²) in [7, 11) is -3.08. The summed E-state index contributed by atoms with van der Waals surface area (Å²) in [4.78, 5) is 14.8. The van der Waals surface area contributed by atoms with E-state index in [4.69, 9.17) is 0 Å². The number of nitrogens with one attached hydrogen (secondary N) is 2. The number of halogens is 3. The molecule has 0 aliphatic rings. The quantitative estimate of drug-likeness (QED) is 0.734. The van der Waals surface area contributed by atoms with Crippen LogP contribution in [0.25, 0.3) is 10.9 Å². The topological polar surface area (TPSA) is 62.0 Å². The van der Waals surface area contributed by atoms with Gasteiger partial charge in [0, 0.05) is 27.7 Å². The molecule has 25 heavy (non-hydrogen) atoms. The number of carbonyl (C=O) groups is 1. The maximum Gasteiger partial charge on any atom is 0.475 e. The molecule has 0 bridgehead atoms. The standard InChI is InChI=1S/C17H13F3N2O2S/c18-17(19,20)25(24)13-7-5-12(6-8-13)22-16(23)9-11-10-21-15-4-2-1-3-14(11)15/h1-8,10,21H,9H2,(H,22,23)/t25-/m0/s1. The van der Waals surface area contributed by atoms with E-state index in [2.05, 4.69) is 10.3 Å². The average molecular weight is 366 g/mol. The fraction of sp³-hybridized carbons (Fsp3) is 0.118. The molecular formula is C17H13F3N2O2S. The van der Waals surface area contributed by atoms with Crippen molar-refractivity contribution in [3.8, 4) is 0 Å². The van der Waals surface area contributed by atoms with Crippen LogP contribution in [0.5, 0.6) is 0 Å². The van der Waals surface area contributed by atoms with Crippen molar-refractivity contribution in [2.24, 2.45) is 0 Å². The Bertz CT molecular complexity index is 933. The van der Waals surface area contributed by atoms with E-state index in [-0.39, 0.29) is 17.2 Å². The minimum atomic E-state index is -4.81. The van der Waals surface area contributed by atoms with Gasteiger partial charge in [-0.3, -0.25) is 4.79 Å². The predicted octanol–water partition coefficient (Wildman–Crippen LogP) is 3.98. The van der Waals surface area contributed by atoms with Gasteiger partial charge >= 0.3 is 5.51 Å². The Morgan fingerprint density at radius 2 is 1.76 bits per heavy atom. The Hall–Kier alpha value is -2.61. The number of fused-ring (bicyclic) bond motifs is 1. The molecule has 4 nitrogen and oxygen atoms in total. The molecule has 8 heteroatoms. The third kappa shape index (κ3) is 3.90. The Morgan fingerprint density at radius 1 is 1.08 bits per heavy atom. The fourth-order valence-electron chi connectivity index (χ4n) is 2.45. The van der Waals surface area contributed by atoms with Gasteiger partial charge in [-0.15, -0.1) is 0 Å². The highest BCUT2D eigenvalue weighted by Gasteiger charge is 2.37. The van der Waals surface area contributed by atoms with Crippen LogP contribution in [0.2, 0.25) is 0 Å². The lowest BCUT2D eigenvalue weighted by molar-refractivity contribution is -0.115. The smallest absolute Gasteiger partial charge is 0.361 e. The van der Waals surface area contributed by atoms with Crippen LogP contribution in [0.1, 0.15) is 5.56 Å². The molecule has 2 aromatic carbocycles. The number of amides is 1. The van der Waals surface area contributed by atoms with Gasteiger partial charge in [-0.2, -0.15) is 13.2 Å². The maximum atomic E-state index is 12.4. The van der Waals surface area contributed by atoms with Gasteiger partial charge in [0.25, 0.3) is 0 Å². The molecule has 0 radical (unpaired) electrons. The molecule has 3 rings (SSSR count). The van der Waals surface area contributed by atoms with E-state index in [9.17, 15) is 22.2 Å². The largest absolute Gasteiger partial charge is 0.475 e. The van der Waals surface area contributed by atoms with Gasteiger partial charge in [0.05, 0.1) is 6.42 Å². The molecule has 0 fully saturated rings. The van der Waals surface area contributed by atoms with Crippen LogP contribution in [-0.2, 0) is 22.0 Å². The molecule has 130 valence electrons. The number of rotatable bonds is 4. The molecule has 0 aliphatic carbocycles. The monoisotopic (exact) mass is 366 g/mol. The predicted molar refractivity (Wildman–Crippen MR) is 89.5 cm³/mol. The molecule has 0 aliphatic heterocycles. The highest BCUT2D eigenvalue weighted by Crippen LogP contribution is 2.27. The first kappa shape index (κ1) is 17.2. The summed E-state index contributed by atoms with van der Waals surface area (Å²) in [5, 5.41) is 3.56. The first-order valence-electron chi connectivity index (χ1n) is 7.28. The zero-order valence-corrected chi connectivity index (χ0v) is 13.6. The lowest BCUT2D eigenvalue weighted by Gasteiger charge is -2.08. The Morgan fingerprint density at radius 3 is 2.44 bits per heavy atom. The van der Waals surface area contributed by atoms with Crippen molar-refractivity contribution in [1.82, 2.24) is 4.98 Å². The summed E-state index contributed by atoms with van der Waals surface area (Å²) in [5.74, 6) is -0.297. The molecule has 2 N–H and O–H groups in total. The molecule has 1 atom stereocenters. The minimum Gasteiger partial charge on any atom is -0.361 e. The molecule has 0 saturated carbocycles. The number of H-pyrrole nitrogens is 1. The van der Waals surface area contributed by atoms with Crippen LogP contribution in [0.15, 0.2) is 59.6 Å². The number of para-hydroxylation sites is 1. The van der Waals surface area contributed by atoms with Crippen molar-refractivity contribution in [1.29, 1.82) is 0 Å². The molecule has 1 amide bonds. The van der Waals surface area contributed by atoms with Crippen molar-refractivity contribution >= 4 is 33.3 Å². The van der Waals surface area contributed by atoms with Crippen molar-refractivity contribution in [2.75, 3.05) is 5.32 Å². The number of aromatic amines is 1. The second kappa shape index (κ2) is 6.72. The first-order chi connectivity index (χ1) is 11.8. The van der Waals surface area contributed by atoms with Crippen LogP contribution in [-0.4, -0.2) is 20.6 Å². The second-order valence-corrected chi connectivity index (χ2v) is 6.80. The maximum absolute atomic E-state index is 12.4. The van der Waals surface area contributed by atoms with Crippen molar-refractivity contribution in [2.45, 2.75) is 16.8 Å². The highest BCUT2D eigenvalue weighted by molar-refractivity contribution is 7.86. The normalized spacial score (nSPS) is 12.9. The van der Waals surface area contributed by atoms with E-state index in [0.29, 0.717) is 5.69 Å². The molecule has 0 saturated heterocycles. The van der Waals surface area contributed by atoms with E-state index in [0.717, 1.165) is 28.6 Å². The molecule has 0 spiro atoms. The van der Waals surface area contributed by atoms with Crippen LogP contribution < -0.4 is 5.32 Å². The van der Waals surface area contributed by atoms with Crippen LogP contribution in [0.3, 0.4) is 0 Å². The molecule has 1 aromatic heterocycles. The molecule has 0 unspecified atom stereocenters. The zero-order valence-electron chi connectivity index (χ0n) is 12.8. The SMILES string of the molecule is O=C(Cc1c[nH]c2ccccc12)Nc1ccc([S@](=O)C(F)(F)F)cc1. The summed E-state index contributed by atoms with van der Waals surface area (Å²) < 4.78 is 48.5. The van der Waals surface area contributed by atoms with Crippen molar-refractivity contribution in [3.63, 3.8) is 0 Å². The minimum absolute atomic E-state index is 0.125. The number of hydrogen-bond donors (Lipinski definition) is 2. The summed E-state index contributed by atoms with van der Waals surface area (Å²) >= 11 is 0. The first-order valence-corrected chi connectivity index (χ1v) is 8.43. The van der Waals surface area contributed by atoms with E-state index in [1.807, 2.05) is 24.3 Å². The van der Waals surface area contributed by atoms with Gasteiger partial charge in [0.2, 0.25) is 5.91 Å². The van der Waals surface area contributed by atoms with Crippen LogP contribution in [0, 0.1) is 0 Å². The number of anilines is 1. The Balaban J connectivity index is 1.68. The third-order valence-corrected chi connectivity index (χ3v) is 4.71. The lowest BCUT2D eigenvalue weighted by Crippen LogP contribution is -2.17. The third-order valence-electron chi connectivity index (χ3n) is 3.59. The molecule has 1 heterocycles. The summed E-state index contributed by atoms with van der Waals surface area (Å²) in [6.07, 6.45) is 1.88.